The van der Waals surface area contributed by atoms with E-state index in [4.69, 9.17) is 0 Å². The number of halogens is 1. The monoisotopic (exact) mass is 450 g/mol. The molecular weight excluding hydrogens is 423 g/mol. The maximum Gasteiger partial charge on any atom is 0.215 e. The van der Waals surface area contributed by atoms with E-state index in [-0.39, 0.29) is 29.7 Å². The van der Waals surface area contributed by atoms with E-state index in [1.54, 1.807) is 11.4 Å². The van der Waals surface area contributed by atoms with E-state index in [9.17, 15) is 8.42 Å². The number of aliphatic imine (C=N–C) groups is 1. The van der Waals surface area contributed by atoms with Crippen molar-refractivity contribution in [1.82, 2.24) is 14.9 Å². The van der Waals surface area contributed by atoms with E-state index in [0.717, 1.165) is 30.9 Å². The second-order valence-electron chi connectivity index (χ2n) is 4.61. The molecule has 1 aliphatic heterocycles. The van der Waals surface area contributed by atoms with Crippen LogP contribution in [0, 0.1) is 0 Å². The number of nitrogens with zero attached hydrogens (tertiary/aromatic N) is 2. The zero-order valence-electron chi connectivity index (χ0n) is 12.8. The molecule has 1 heterocycles. The maximum absolute atomic E-state index is 12.1. The number of sulfonamides is 1. The highest BCUT2D eigenvalue weighted by atomic mass is 127. The molecule has 21 heavy (non-hydrogen) atoms. The van der Waals surface area contributed by atoms with Crippen molar-refractivity contribution in [2.75, 3.05) is 50.5 Å². The molecule has 1 aliphatic rings. The molecule has 0 spiro atoms. The number of rotatable bonds is 7. The van der Waals surface area contributed by atoms with Gasteiger partial charge in [-0.2, -0.15) is 11.8 Å². The molecule has 0 aromatic rings. The molecule has 0 aliphatic carbocycles. The van der Waals surface area contributed by atoms with Crippen LogP contribution in [0.4, 0.5) is 0 Å². The summed E-state index contributed by atoms with van der Waals surface area (Å²) in [6.45, 7) is 4.64. The molecule has 2 N–H and O–H groups in total. The maximum atomic E-state index is 12.1. The van der Waals surface area contributed by atoms with Crippen molar-refractivity contribution in [2.45, 2.75) is 19.8 Å². The van der Waals surface area contributed by atoms with Crippen LogP contribution in [0.15, 0.2) is 4.99 Å². The lowest BCUT2D eigenvalue weighted by atomic mass is 10.3. The van der Waals surface area contributed by atoms with E-state index in [2.05, 4.69) is 22.5 Å². The number of unbranched alkanes of at least 4 members (excludes halogenated alkanes) is 1. The second kappa shape index (κ2) is 11.8. The number of hydrogen-bond acceptors (Lipinski definition) is 4. The van der Waals surface area contributed by atoms with E-state index in [1.807, 2.05) is 11.8 Å². The first-order valence-electron chi connectivity index (χ1n) is 7.10. The van der Waals surface area contributed by atoms with Gasteiger partial charge >= 0.3 is 0 Å². The summed E-state index contributed by atoms with van der Waals surface area (Å²) in [5.74, 6) is 2.58. The van der Waals surface area contributed by atoms with E-state index in [1.165, 1.54) is 0 Å². The van der Waals surface area contributed by atoms with Crippen LogP contribution in [0.3, 0.4) is 0 Å². The largest absolute Gasteiger partial charge is 0.356 e. The van der Waals surface area contributed by atoms with Crippen LogP contribution in [0.5, 0.6) is 0 Å². The molecule has 0 radical (unpaired) electrons. The Morgan fingerprint density at radius 1 is 1.24 bits per heavy atom. The molecule has 0 atom stereocenters. The molecule has 0 aromatic heterocycles. The van der Waals surface area contributed by atoms with Gasteiger partial charge in [-0.1, -0.05) is 13.3 Å². The van der Waals surface area contributed by atoms with Gasteiger partial charge in [0.05, 0.1) is 5.75 Å². The zero-order chi connectivity index (χ0) is 14.8. The Bertz CT molecular complexity index is 398. The van der Waals surface area contributed by atoms with Crippen LogP contribution >= 0.6 is 35.7 Å². The van der Waals surface area contributed by atoms with E-state index < -0.39 is 10.0 Å². The lowest BCUT2D eigenvalue weighted by Gasteiger charge is -2.25. The summed E-state index contributed by atoms with van der Waals surface area (Å²) >= 11 is 1.81. The van der Waals surface area contributed by atoms with Gasteiger partial charge in [0.1, 0.15) is 0 Å². The average molecular weight is 450 g/mol. The summed E-state index contributed by atoms with van der Waals surface area (Å²) in [5, 5.41) is 6.21. The lowest BCUT2D eigenvalue weighted by Crippen LogP contribution is -2.44. The van der Waals surface area contributed by atoms with Gasteiger partial charge in [0.15, 0.2) is 5.96 Å². The summed E-state index contributed by atoms with van der Waals surface area (Å²) in [7, 11) is -1.45. The van der Waals surface area contributed by atoms with E-state index >= 15 is 0 Å². The molecular formula is C12H27IN4O2S2. The van der Waals surface area contributed by atoms with Crippen LogP contribution in [0.1, 0.15) is 19.8 Å². The fourth-order valence-corrected chi connectivity index (χ4v) is 4.35. The Morgan fingerprint density at radius 3 is 2.43 bits per heavy atom. The highest BCUT2D eigenvalue weighted by Gasteiger charge is 2.23. The number of nitrogens with one attached hydrogen (secondary N) is 2. The van der Waals surface area contributed by atoms with E-state index in [0.29, 0.717) is 25.6 Å². The molecule has 1 saturated heterocycles. The van der Waals surface area contributed by atoms with Crippen LogP contribution in [-0.4, -0.2) is 69.2 Å². The van der Waals surface area contributed by atoms with Gasteiger partial charge in [-0.3, -0.25) is 4.99 Å². The fourth-order valence-electron chi connectivity index (χ4n) is 1.86. The Hall–Kier alpha value is 0.260. The Morgan fingerprint density at radius 2 is 1.86 bits per heavy atom. The minimum atomic E-state index is -3.14. The predicted octanol–water partition coefficient (Wildman–Crippen LogP) is 0.948. The Labute approximate surface area is 150 Å². The third-order valence-electron chi connectivity index (χ3n) is 3.06. The van der Waals surface area contributed by atoms with Crippen LogP contribution in [0.2, 0.25) is 0 Å². The summed E-state index contributed by atoms with van der Waals surface area (Å²) in [4.78, 5) is 4.07. The zero-order valence-corrected chi connectivity index (χ0v) is 16.8. The topological polar surface area (TPSA) is 73.8 Å². The molecule has 1 rings (SSSR count). The van der Waals surface area contributed by atoms with Crippen LogP contribution < -0.4 is 10.6 Å². The molecule has 0 saturated carbocycles. The third-order valence-corrected chi connectivity index (χ3v) is 5.88. The minimum Gasteiger partial charge on any atom is -0.356 e. The third kappa shape index (κ3) is 8.46. The number of hydrogen-bond donors (Lipinski definition) is 2. The smallest absolute Gasteiger partial charge is 0.215 e. The molecule has 0 aromatic carbocycles. The molecule has 126 valence electrons. The lowest BCUT2D eigenvalue weighted by molar-refractivity contribution is 0.443. The summed E-state index contributed by atoms with van der Waals surface area (Å²) in [6.07, 6.45) is 2.19. The molecule has 6 nitrogen and oxygen atoms in total. The normalized spacial score (nSPS) is 17.1. The molecule has 9 heteroatoms. The van der Waals surface area contributed by atoms with Crippen molar-refractivity contribution >= 4 is 51.7 Å². The number of guanidine groups is 1. The van der Waals surface area contributed by atoms with Crippen molar-refractivity contribution in [3.8, 4) is 0 Å². The van der Waals surface area contributed by atoms with Crippen molar-refractivity contribution in [1.29, 1.82) is 0 Å². The van der Waals surface area contributed by atoms with Gasteiger partial charge in [0.2, 0.25) is 10.0 Å². The summed E-state index contributed by atoms with van der Waals surface area (Å²) < 4.78 is 25.9. The molecule has 0 bridgehead atoms. The van der Waals surface area contributed by atoms with Gasteiger partial charge in [0, 0.05) is 44.7 Å². The summed E-state index contributed by atoms with van der Waals surface area (Å²) in [6, 6.07) is 0. The number of thioether (sulfide) groups is 1. The van der Waals surface area contributed by atoms with Crippen molar-refractivity contribution in [3.63, 3.8) is 0 Å². The van der Waals surface area contributed by atoms with Crippen molar-refractivity contribution in [2.24, 2.45) is 4.99 Å². The quantitative estimate of drug-likeness (QED) is 0.262. The first-order chi connectivity index (χ1) is 9.60. The summed E-state index contributed by atoms with van der Waals surface area (Å²) in [5.41, 5.74) is 0. The van der Waals surface area contributed by atoms with Gasteiger partial charge in [-0.05, 0) is 6.42 Å². The molecule has 1 fully saturated rings. The van der Waals surface area contributed by atoms with Gasteiger partial charge in [0.25, 0.3) is 0 Å². The van der Waals surface area contributed by atoms with Gasteiger partial charge in [-0.25, -0.2) is 12.7 Å². The highest BCUT2D eigenvalue weighted by Crippen LogP contribution is 2.12. The predicted molar refractivity (Wildman–Crippen MR) is 102 cm³/mol. The van der Waals surface area contributed by atoms with Crippen molar-refractivity contribution in [3.05, 3.63) is 0 Å². The van der Waals surface area contributed by atoms with Gasteiger partial charge in [-0.15, -0.1) is 24.0 Å². The molecule has 0 amide bonds. The van der Waals surface area contributed by atoms with Crippen LogP contribution in [-0.2, 0) is 10.0 Å². The first kappa shape index (κ1) is 21.3. The van der Waals surface area contributed by atoms with Crippen LogP contribution in [0.25, 0.3) is 0 Å². The fraction of sp³-hybridized carbons (Fsp3) is 0.917. The molecule has 0 unspecified atom stereocenters. The Kier molecular flexibility index (Phi) is 11.9. The first-order valence-corrected chi connectivity index (χ1v) is 9.86. The van der Waals surface area contributed by atoms with Crippen molar-refractivity contribution < 1.29 is 8.42 Å². The minimum absolute atomic E-state index is 0. The SMILES string of the molecule is CCCCNC(=NC)NCCS(=O)(=O)N1CCSCC1.I. The second-order valence-corrected chi connectivity index (χ2v) is 7.92. The van der Waals surface area contributed by atoms with Gasteiger partial charge < -0.3 is 10.6 Å². The average Bonchev–Trinajstić information content (AvgIpc) is 2.46. The Balaban J connectivity index is 0.00000400. The highest BCUT2D eigenvalue weighted by molar-refractivity contribution is 14.0. The standard InChI is InChI=1S/C12H26N4O2S2.HI/c1-3-4-5-14-12(13-2)15-6-11-20(17,18)16-7-9-19-10-8-16;/h3-11H2,1-2H3,(H2,13,14,15);1H.